The zero-order chi connectivity index (χ0) is 22.5. The summed E-state index contributed by atoms with van der Waals surface area (Å²) in [6.45, 7) is 2.29. The maximum atomic E-state index is 13.4. The molecule has 1 spiro atoms. The molecule has 0 saturated carbocycles. The summed E-state index contributed by atoms with van der Waals surface area (Å²) in [6.07, 6.45) is 0.534. The van der Waals surface area contributed by atoms with Crippen molar-refractivity contribution in [3.63, 3.8) is 0 Å². The van der Waals surface area contributed by atoms with E-state index in [1.165, 1.54) is 19.2 Å². The van der Waals surface area contributed by atoms with E-state index in [2.05, 4.69) is 5.32 Å². The first kappa shape index (κ1) is 20.8. The number of carbonyl (C=O) groups is 4. The van der Waals surface area contributed by atoms with Gasteiger partial charge in [0.1, 0.15) is 0 Å². The van der Waals surface area contributed by atoms with Crippen LogP contribution in [0.1, 0.15) is 25.3 Å². The third kappa shape index (κ3) is 3.03. The molecule has 0 bridgehead atoms. The SMILES string of the molecule is CCOC(=O)[C@@H]1CCN2c3ccc([N+](=O)[O-])cc3C[C@@]3(C(=O)NC(=O)N(C)C3=O)[C@H]2C1. The van der Waals surface area contributed by atoms with Crippen molar-refractivity contribution >= 4 is 35.2 Å². The maximum Gasteiger partial charge on any atom is 0.330 e. The third-order valence-electron chi connectivity index (χ3n) is 6.46. The van der Waals surface area contributed by atoms with Gasteiger partial charge in [0.05, 0.1) is 23.5 Å². The lowest BCUT2D eigenvalue weighted by Crippen LogP contribution is -2.72. The molecule has 164 valence electrons. The topological polar surface area (TPSA) is 139 Å². The Kier molecular flexibility index (Phi) is 4.91. The van der Waals surface area contributed by atoms with E-state index in [0.29, 0.717) is 24.2 Å². The average Bonchev–Trinajstić information content (AvgIpc) is 2.75. The molecular formula is C20H22N4O7. The van der Waals surface area contributed by atoms with Crippen LogP contribution in [0.4, 0.5) is 16.2 Å². The number of hydrogen-bond acceptors (Lipinski definition) is 8. The molecule has 4 rings (SSSR count). The molecule has 0 radical (unpaired) electrons. The summed E-state index contributed by atoms with van der Waals surface area (Å²) in [4.78, 5) is 64.5. The van der Waals surface area contributed by atoms with Crippen LogP contribution in [-0.2, 0) is 25.5 Å². The number of nitro benzene ring substituents is 1. The maximum absolute atomic E-state index is 13.4. The van der Waals surface area contributed by atoms with Gasteiger partial charge in [-0.1, -0.05) is 0 Å². The van der Waals surface area contributed by atoms with Gasteiger partial charge in [-0.15, -0.1) is 0 Å². The first-order valence-corrected chi connectivity index (χ1v) is 10.0. The normalized spacial score (nSPS) is 27.5. The quantitative estimate of drug-likeness (QED) is 0.324. The van der Waals surface area contributed by atoms with Gasteiger partial charge >= 0.3 is 12.0 Å². The Hall–Kier alpha value is -3.50. The van der Waals surface area contributed by atoms with Gasteiger partial charge in [0.15, 0.2) is 5.41 Å². The van der Waals surface area contributed by atoms with E-state index < -0.39 is 40.1 Å². The number of rotatable bonds is 3. The van der Waals surface area contributed by atoms with E-state index in [0.717, 1.165) is 4.90 Å². The second-order valence-electron chi connectivity index (χ2n) is 8.02. The number of non-ortho nitro benzene ring substituents is 1. The Bertz CT molecular complexity index is 1010. The average molecular weight is 430 g/mol. The van der Waals surface area contributed by atoms with Crippen molar-refractivity contribution in [2.45, 2.75) is 32.2 Å². The van der Waals surface area contributed by atoms with Crippen molar-refractivity contribution in [1.29, 1.82) is 0 Å². The number of anilines is 1. The molecular weight excluding hydrogens is 408 g/mol. The van der Waals surface area contributed by atoms with Gasteiger partial charge in [0.2, 0.25) is 11.8 Å². The number of nitro groups is 1. The van der Waals surface area contributed by atoms with Crippen molar-refractivity contribution in [2.24, 2.45) is 11.3 Å². The largest absolute Gasteiger partial charge is 0.466 e. The van der Waals surface area contributed by atoms with Crippen molar-refractivity contribution in [1.82, 2.24) is 10.2 Å². The molecule has 1 N–H and O–H groups in total. The highest BCUT2D eigenvalue weighted by atomic mass is 16.6. The lowest BCUT2D eigenvalue weighted by Gasteiger charge is -2.54. The zero-order valence-corrected chi connectivity index (χ0v) is 17.1. The molecule has 2 saturated heterocycles. The number of hydrogen-bond donors (Lipinski definition) is 1. The van der Waals surface area contributed by atoms with E-state index in [4.69, 9.17) is 4.74 Å². The lowest BCUT2D eigenvalue weighted by atomic mass is 9.64. The number of benzene rings is 1. The van der Waals surface area contributed by atoms with Gasteiger partial charge in [-0.3, -0.25) is 34.7 Å². The fourth-order valence-corrected chi connectivity index (χ4v) is 4.95. The molecule has 4 amide bonds. The van der Waals surface area contributed by atoms with Crippen molar-refractivity contribution in [3.8, 4) is 0 Å². The summed E-state index contributed by atoms with van der Waals surface area (Å²) in [7, 11) is 1.28. The molecule has 11 heteroatoms. The number of fused-ring (bicyclic) bond motifs is 4. The number of barbiturate groups is 1. The minimum atomic E-state index is -1.68. The van der Waals surface area contributed by atoms with Gasteiger partial charge < -0.3 is 9.64 Å². The fraction of sp³-hybridized carbons (Fsp3) is 0.500. The summed E-state index contributed by atoms with van der Waals surface area (Å²) in [5.41, 5.74) is -0.674. The van der Waals surface area contributed by atoms with E-state index in [-0.39, 0.29) is 31.1 Å². The van der Waals surface area contributed by atoms with Crippen LogP contribution in [0.5, 0.6) is 0 Å². The van der Waals surface area contributed by atoms with Crippen molar-refractivity contribution in [2.75, 3.05) is 25.1 Å². The molecule has 1 aromatic rings. The minimum absolute atomic E-state index is 0.108. The summed E-state index contributed by atoms with van der Waals surface area (Å²) in [5.74, 6) is -2.32. The second-order valence-corrected chi connectivity index (χ2v) is 8.02. The van der Waals surface area contributed by atoms with Crippen molar-refractivity contribution < 1.29 is 28.8 Å². The van der Waals surface area contributed by atoms with E-state index >= 15 is 0 Å². The van der Waals surface area contributed by atoms with Crippen LogP contribution in [0.25, 0.3) is 0 Å². The van der Waals surface area contributed by atoms with Gasteiger partial charge in [-0.25, -0.2) is 4.79 Å². The lowest BCUT2D eigenvalue weighted by molar-refractivity contribution is -0.384. The van der Waals surface area contributed by atoms with Crippen LogP contribution in [0.3, 0.4) is 0 Å². The zero-order valence-electron chi connectivity index (χ0n) is 17.1. The first-order valence-electron chi connectivity index (χ1n) is 10.0. The fourth-order valence-electron chi connectivity index (χ4n) is 4.95. The van der Waals surface area contributed by atoms with Gasteiger partial charge in [-0.2, -0.15) is 0 Å². The van der Waals surface area contributed by atoms with E-state index in [1.807, 2.05) is 4.90 Å². The number of piperidine rings is 1. The van der Waals surface area contributed by atoms with Crippen LogP contribution >= 0.6 is 0 Å². The third-order valence-corrected chi connectivity index (χ3v) is 6.46. The molecule has 2 fully saturated rings. The molecule has 3 heterocycles. The Morgan fingerprint density at radius 2 is 2.10 bits per heavy atom. The second kappa shape index (κ2) is 7.33. The van der Waals surface area contributed by atoms with E-state index in [9.17, 15) is 29.3 Å². The number of nitrogens with zero attached hydrogens (tertiary/aromatic N) is 3. The predicted octanol–water partition coefficient (Wildman–Crippen LogP) is 0.994. The minimum Gasteiger partial charge on any atom is -0.466 e. The Morgan fingerprint density at radius 1 is 1.35 bits per heavy atom. The number of esters is 1. The molecule has 31 heavy (non-hydrogen) atoms. The number of amides is 4. The molecule has 0 unspecified atom stereocenters. The molecule has 11 nitrogen and oxygen atoms in total. The van der Waals surface area contributed by atoms with Crippen LogP contribution < -0.4 is 10.2 Å². The molecule has 1 aromatic carbocycles. The Balaban J connectivity index is 1.84. The van der Waals surface area contributed by atoms with Crippen LogP contribution in [0.2, 0.25) is 0 Å². The van der Waals surface area contributed by atoms with Crippen LogP contribution in [0.15, 0.2) is 18.2 Å². The molecule has 3 atom stereocenters. The van der Waals surface area contributed by atoms with Crippen LogP contribution in [-0.4, -0.2) is 59.9 Å². The summed E-state index contributed by atoms with van der Waals surface area (Å²) in [6, 6.07) is 2.83. The monoisotopic (exact) mass is 430 g/mol. The standard InChI is InChI=1S/C20H22N4O7/c1-3-31-16(25)11-6-7-23-14-5-4-13(24(29)30)8-12(14)10-20(15(23)9-11)17(26)21-19(28)22(2)18(20)27/h4-5,8,11,15H,3,6-7,9-10H2,1-2H3,(H,21,26,28)/t11-,15-,20+/m1/s1. The first-order chi connectivity index (χ1) is 14.7. The molecule has 0 aromatic heterocycles. The van der Waals surface area contributed by atoms with Gasteiger partial charge in [-0.05, 0) is 31.4 Å². The highest BCUT2D eigenvalue weighted by Crippen LogP contribution is 2.49. The molecule has 3 aliphatic heterocycles. The number of ether oxygens (including phenoxy) is 1. The number of urea groups is 1. The van der Waals surface area contributed by atoms with Gasteiger partial charge in [0, 0.05) is 37.8 Å². The Labute approximate surface area is 177 Å². The summed E-state index contributed by atoms with van der Waals surface area (Å²) >= 11 is 0. The summed E-state index contributed by atoms with van der Waals surface area (Å²) in [5, 5.41) is 13.5. The Morgan fingerprint density at radius 3 is 2.77 bits per heavy atom. The van der Waals surface area contributed by atoms with Crippen molar-refractivity contribution in [3.05, 3.63) is 33.9 Å². The highest BCUT2D eigenvalue weighted by molar-refractivity contribution is 6.20. The van der Waals surface area contributed by atoms with Crippen LogP contribution in [0, 0.1) is 21.4 Å². The van der Waals surface area contributed by atoms with Gasteiger partial charge in [0.25, 0.3) is 5.69 Å². The predicted molar refractivity (Wildman–Crippen MR) is 106 cm³/mol. The molecule has 3 aliphatic rings. The summed E-state index contributed by atoms with van der Waals surface area (Å²) < 4.78 is 5.16. The number of carbonyl (C=O) groups excluding carboxylic acids is 4. The molecule has 0 aliphatic carbocycles. The number of nitrogens with one attached hydrogen (secondary N) is 1. The number of imide groups is 2. The smallest absolute Gasteiger partial charge is 0.330 e. The van der Waals surface area contributed by atoms with E-state index in [1.54, 1.807) is 13.0 Å². The highest BCUT2D eigenvalue weighted by Gasteiger charge is 2.62.